The number of hydrogen-bond acceptors (Lipinski definition) is 3. The Kier molecular flexibility index (Phi) is 5.48. The molecule has 2 amide bonds. The quantitative estimate of drug-likeness (QED) is 0.865. The van der Waals surface area contributed by atoms with Crippen molar-refractivity contribution in [2.75, 3.05) is 0 Å². The van der Waals surface area contributed by atoms with Gasteiger partial charge in [-0.05, 0) is 29.5 Å². The first-order valence-corrected chi connectivity index (χ1v) is 6.83. The van der Waals surface area contributed by atoms with Gasteiger partial charge in [0.2, 0.25) is 5.91 Å². The Bertz CT molecular complexity index is 550. The highest BCUT2D eigenvalue weighted by atomic mass is 16.2. The Labute approximate surface area is 125 Å². The number of rotatable bonds is 5. The van der Waals surface area contributed by atoms with Gasteiger partial charge in [0.05, 0.1) is 6.07 Å². The molecule has 0 aliphatic rings. The second-order valence-electron chi connectivity index (χ2n) is 5.95. The van der Waals surface area contributed by atoms with Gasteiger partial charge in [0.25, 0.3) is 5.91 Å². The standard InChI is InChI=1S/C16H21N3O2/c1-16(2,3)12-8-6-11(7-9-12)15(21)19-13(14(18)20)5-4-10-17/h6-9,13H,4-5H2,1-3H3,(H2,18,20)(H,19,21)/t13-/m0/s1. The third-order valence-electron chi connectivity index (χ3n) is 3.21. The van der Waals surface area contributed by atoms with Gasteiger partial charge in [-0.2, -0.15) is 5.26 Å². The topological polar surface area (TPSA) is 96.0 Å². The summed E-state index contributed by atoms with van der Waals surface area (Å²) < 4.78 is 0. The molecule has 0 bridgehead atoms. The molecule has 0 aromatic heterocycles. The summed E-state index contributed by atoms with van der Waals surface area (Å²) in [4.78, 5) is 23.3. The lowest BCUT2D eigenvalue weighted by Gasteiger charge is -2.19. The Morgan fingerprint density at radius 2 is 1.86 bits per heavy atom. The van der Waals surface area contributed by atoms with Gasteiger partial charge in [0, 0.05) is 12.0 Å². The van der Waals surface area contributed by atoms with Gasteiger partial charge in [0.1, 0.15) is 6.04 Å². The van der Waals surface area contributed by atoms with E-state index in [1.807, 2.05) is 18.2 Å². The molecule has 0 aliphatic carbocycles. The van der Waals surface area contributed by atoms with Crippen LogP contribution in [0.1, 0.15) is 49.5 Å². The van der Waals surface area contributed by atoms with Crippen LogP contribution < -0.4 is 11.1 Å². The summed E-state index contributed by atoms with van der Waals surface area (Å²) in [5, 5.41) is 11.1. The molecule has 112 valence electrons. The highest BCUT2D eigenvalue weighted by Crippen LogP contribution is 2.22. The van der Waals surface area contributed by atoms with E-state index in [2.05, 4.69) is 26.1 Å². The molecule has 1 atom stereocenters. The average molecular weight is 287 g/mol. The smallest absolute Gasteiger partial charge is 0.251 e. The fourth-order valence-electron chi connectivity index (χ4n) is 1.86. The molecule has 0 heterocycles. The fraction of sp³-hybridized carbons (Fsp3) is 0.438. The number of nitrogens with two attached hydrogens (primary N) is 1. The van der Waals surface area contributed by atoms with Gasteiger partial charge >= 0.3 is 0 Å². The van der Waals surface area contributed by atoms with Crippen molar-refractivity contribution in [1.29, 1.82) is 5.26 Å². The van der Waals surface area contributed by atoms with Crippen molar-refractivity contribution in [2.45, 2.75) is 45.1 Å². The van der Waals surface area contributed by atoms with Crippen LogP contribution in [-0.4, -0.2) is 17.9 Å². The Morgan fingerprint density at radius 1 is 1.29 bits per heavy atom. The Hall–Kier alpha value is -2.35. The molecular weight excluding hydrogens is 266 g/mol. The first kappa shape index (κ1) is 16.7. The number of hydrogen-bond donors (Lipinski definition) is 2. The van der Waals surface area contributed by atoms with Crippen LogP contribution in [-0.2, 0) is 10.2 Å². The van der Waals surface area contributed by atoms with Crippen molar-refractivity contribution < 1.29 is 9.59 Å². The van der Waals surface area contributed by atoms with Crippen LogP contribution in [0.15, 0.2) is 24.3 Å². The zero-order valence-electron chi connectivity index (χ0n) is 12.6. The monoisotopic (exact) mass is 287 g/mol. The maximum absolute atomic E-state index is 12.1. The molecule has 1 aromatic carbocycles. The lowest BCUT2D eigenvalue weighted by atomic mass is 9.86. The lowest BCUT2D eigenvalue weighted by molar-refractivity contribution is -0.119. The lowest BCUT2D eigenvalue weighted by Crippen LogP contribution is -2.44. The zero-order valence-corrected chi connectivity index (χ0v) is 12.6. The molecule has 0 spiro atoms. The summed E-state index contributed by atoms with van der Waals surface area (Å²) in [6.07, 6.45) is 0.383. The summed E-state index contributed by atoms with van der Waals surface area (Å²) in [6.45, 7) is 6.27. The summed E-state index contributed by atoms with van der Waals surface area (Å²) >= 11 is 0. The van der Waals surface area contributed by atoms with Crippen molar-refractivity contribution in [3.05, 3.63) is 35.4 Å². The summed E-state index contributed by atoms with van der Waals surface area (Å²) in [5.74, 6) is -0.998. The first-order chi connectivity index (χ1) is 9.75. The SMILES string of the molecule is CC(C)(C)c1ccc(C(=O)N[C@@H](CCC#N)C(N)=O)cc1. The van der Waals surface area contributed by atoms with Crippen molar-refractivity contribution in [3.63, 3.8) is 0 Å². The van der Waals surface area contributed by atoms with E-state index in [4.69, 9.17) is 11.0 Å². The van der Waals surface area contributed by atoms with Crippen molar-refractivity contribution in [1.82, 2.24) is 5.32 Å². The molecule has 0 fully saturated rings. The van der Waals surface area contributed by atoms with Crippen LogP contribution in [0.4, 0.5) is 0 Å². The third-order valence-corrected chi connectivity index (χ3v) is 3.21. The molecular formula is C16H21N3O2. The van der Waals surface area contributed by atoms with E-state index < -0.39 is 11.9 Å². The maximum atomic E-state index is 12.1. The molecule has 5 heteroatoms. The van der Waals surface area contributed by atoms with Crippen molar-refractivity contribution in [2.24, 2.45) is 5.73 Å². The minimum Gasteiger partial charge on any atom is -0.368 e. The number of nitrogens with zero attached hydrogens (tertiary/aromatic N) is 1. The minimum atomic E-state index is -0.820. The summed E-state index contributed by atoms with van der Waals surface area (Å²) in [5.41, 5.74) is 6.82. The highest BCUT2D eigenvalue weighted by Gasteiger charge is 2.19. The molecule has 1 rings (SSSR count). The number of nitrogens with one attached hydrogen (secondary N) is 1. The van der Waals surface area contributed by atoms with Gasteiger partial charge in [-0.25, -0.2) is 0 Å². The van der Waals surface area contributed by atoms with E-state index in [0.29, 0.717) is 5.56 Å². The largest absolute Gasteiger partial charge is 0.368 e. The second kappa shape index (κ2) is 6.89. The number of benzene rings is 1. The first-order valence-electron chi connectivity index (χ1n) is 6.83. The average Bonchev–Trinajstić information content (AvgIpc) is 2.42. The van der Waals surface area contributed by atoms with Crippen LogP contribution in [0.5, 0.6) is 0 Å². The van der Waals surface area contributed by atoms with Crippen molar-refractivity contribution >= 4 is 11.8 Å². The van der Waals surface area contributed by atoms with Gasteiger partial charge < -0.3 is 11.1 Å². The predicted molar refractivity (Wildman–Crippen MR) is 80.4 cm³/mol. The molecule has 1 aromatic rings. The van der Waals surface area contributed by atoms with Crippen LogP contribution in [0.2, 0.25) is 0 Å². The predicted octanol–water partition coefficient (Wildman–Crippen LogP) is 1.87. The van der Waals surface area contributed by atoms with Gasteiger partial charge in [0.15, 0.2) is 0 Å². The Balaban J connectivity index is 2.79. The number of nitriles is 1. The van der Waals surface area contributed by atoms with E-state index in [1.54, 1.807) is 12.1 Å². The second-order valence-corrected chi connectivity index (χ2v) is 5.95. The van der Waals surface area contributed by atoms with Gasteiger partial charge in [-0.1, -0.05) is 32.9 Å². The molecule has 0 unspecified atom stereocenters. The van der Waals surface area contributed by atoms with Gasteiger partial charge in [-0.15, -0.1) is 0 Å². The van der Waals surface area contributed by atoms with E-state index in [0.717, 1.165) is 5.56 Å². The molecule has 21 heavy (non-hydrogen) atoms. The van der Waals surface area contributed by atoms with E-state index in [-0.39, 0.29) is 24.2 Å². The molecule has 0 aliphatic heterocycles. The van der Waals surface area contributed by atoms with Crippen LogP contribution in [0.25, 0.3) is 0 Å². The zero-order chi connectivity index (χ0) is 16.0. The van der Waals surface area contributed by atoms with Crippen molar-refractivity contribution in [3.8, 4) is 6.07 Å². The normalized spacial score (nSPS) is 12.3. The number of carbonyl (C=O) groups is 2. The summed E-state index contributed by atoms with van der Waals surface area (Å²) in [6, 6.07) is 8.34. The number of amides is 2. The maximum Gasteiger partial charge on any atom is 0.251 e. The fourth-order valence-corrected chi connectivity index (χ4v) is 1.86. The number of primary amides is 1. The number of carbonyl (C=O) groups excluding carboxylic acids is 2. The molecule has 3 N–H and O–H groups in total. The summed E-state index contributed by atoms with van der Waals surface area (Å²) in [7, 11) is 0. The minimum absolute atomic E-state index is 0.0115. The molecule has 0 radical (unpaired) electrons. The van der Waals surface area contributed by atoms with E-state index in [9.17, 15) is 9.59 Å². The van der Waals surface area contributed by atoms with E-state index >= 15 is 0 Å². The van der Waals surface area contributed by atoms with Crippen LogP contribution >= 0.6 is 0 Å². The Morgan fingerprint density at radius 3 is 2.29 bits per heavy atom. The van der Waals surface area contributed by atoms with Crippen LogP contribution in [0, 0.1) is 11.3 Å². The highest BCUT2D eigenvalue weighted by molar-refractivity contribution is 5.97. The van der Waals surface area contributed by atoms with Crippen LogP contribution in [0.3, 0.4) is 0 Å². The van der Waals surface area contributed by atoms with E-state index in [1.165, 1.54) is 0 Å². The molecule has 0 saturated heterocycles. The third kappa shape index (κ3) is 4.92. The van der Waals surface area contributed by atoms with Gasteiger partial charge in [-0.3, -0.25) is 9.59 Å². The molecule has 5 nitrogen and oxygen atoms in total. The molecule has 0 saturated carbocycles.